The van der Waals surface area contributed by atoms with Gasteiger partial charge in [0.25, 0.3) is 5.91 Å². The number of benzene rings is 1. The molecule has 0 aliphatic carbocycles. The van der Waals surface area contributed by atoms with Gasteiger partial charge in [-0.25, -0.2) is 0 Å². The minimum absolute atomic E-state index is 0.0340. The van der Waals surface area contributed by atoms with E-state index < -0.39 is 5.60 Å². The fourth-order valence-corrected chi connectivity index (χ4v) is 1.92. The summed E-state index contributed by atoms with van der Waals surface area (Å²) in [6.45, 7) is 4.62. The third-order valence-electron chi connectivity index (χ3n) is 2.80. The van der Waals surface area contributed by atoms with Crippen molar-refractivity contribution in [1.82, 2.24) is 0 Å². The van der Waals surface area contributed by atoms with Gasteiger partial charge in [-0.2, -0.15) is 0 Å². The first-order valence-corrected chi connectivity index (χ1v) is 5.65. The summed E-state index contributed by atoms with van der Waals surface area (Å²) < 4.78 is 10.8. The van der Waals surface area contributed by atoms with Crippen molar-refractivity contribution in [2.75, 3.05) is 25.2 Å². The molecule has 17 heavy (non-hydrogen) atoms. The molecule has 0 bridgehead atoms. The second kappa shape index (κ2) is 4.37. The molecule has 0 aromatic heterocycles. The molecule has 1 amide bonds. The molecule has 0 atom stereocenters. The number of anilines is 1. The second-order valence-corrected chi connectivity index (χ2v) is 4.53. The number of methoxy groups -OCH3 is 1. The normalized spacial score (nSPS) is 17.6. The average molecular weight is 235 g/mol. The van der Waals surface area contributed by atoms with Gasteiger partial charge in [0.05, 0.1) is 12.3 Å². The van der Waals surface area contributed by atoms with Gasteiger partial charge in [-0.1, -0.05) is 12.1 Å². The highest BCUT2D eigenvalue weighted by Crippen LogP contribution is 2.37. The zero-order valence-electron chi connectivity index (χ0n) is 10.4. The van der Waals surface area contributed by atoms with E-state index in [9.17, 15) is 4.79 Å². The van der Waals surface area contributed by atoms with E-state index in [1.807, 2.05) is 24.3 Å². The number of para-hydroxylation sites is 2. The number of carbonyl (C=O) groups is 1. The Morgan fingerprint density at radius 3 is 2.76 bits per heavy atom. The van der Waals surface area contributed by atoms with E-state index in [2.05, 4.69) is 0 Å². The average Bonchev–Trinajstić information content (AvgIpc) is 2.29. The quantitative estimate of drug-likeness (QED) is 0.802. The van der Waals surface area contributed by atoms with E-state index in [1.165, 1.54) is 0 Å². The van der Waals surface area contributed by atoms with Crippen molar-refractivity contribution in [2.45, 2.75) is 19.4 Å². The molecular formula is C13H17NO3. The molecule has 92 valence electrons. The van der Waals surface area contributed by atoms with E-state index >= 15 is 0 Å². The summed E-state index contributed by atoms with van der Waals surface area (Å²) in [7, 11) is 1.63. The van der Waals surface area contributed by atoms with Gasteiger partial charge in [-0.3, -0.25) is 4.79 Å². The van der Waals surface area contributed by atoms with E-state index in [0.29, 0.717) is 13.2 Å². The van der Waals surface area contributed by atoms with Crippen molar-refractivity contribution in [3.8, 4) is 5.75 Å². The highest BCUT2D eigenvalue weighted by molar-refractivity contribution is 6.02. The molecule has 1 aromatic carbocycles. The Kier molecular flexibility index (Phi) is 3.07. The van der Waals surface area contributed by atoms with Crippen LogP contribution < -0.4 is 9.64 Å². The van der Waals surface area contributed by atoms with Crippen LogP contribution in [0.15, 0.2) is 24.3 Å². The maximum absolute atomic E-state index is 12.3. The lowest BCUT2D eigenvalue weighted by molar-refractivity contribution is -0.132. The highest BCUT2D eigenvalue weighted by Gasteiger charge is 2.40. The van der Waals surface area contributed by atoms with Gasteiger partial charge < -0.3 is 14.4 Å². The van der Waals surface area contributed by atoms with E-state index in [1.54, 1.807) is 25.9 Å². The summed E-state index contributed by atoms with van der Waals surface area (Å²) in [5.41, 5.74) is -0.00359. The van der Waals surface area contributed by atoms with Crippen molar-refractivity contribution < 1.29 is 14.3 Å². The minimum atomic E-state index is -0.817. The first kappa shape index (κ1) is 11.9. The summed E-state index contributed by atoms with van der Waals surface area (Å²) in [5.74, 6) is 0.710. The molecule has 4 nitrogen and oxygen atoms in total. The third kappa shape index (κ3) is 2.13. The summed E-state index contributed by atoms with van der Waals surface area (Å²) >= 11 is 0. The summed E-state index contributed by atoms with van der Waals surface area (Å²) in [4.78, 5) is 14.0. The topological polar surface area (TPSA) is 38.8 Å². The minimum Gasteiger partial charge on any atom is -0.476 e. The lowest BCUT2D eigenvalue weighted by Crippen LogP contribution is -2.53. The molecule has 2 rings (SSSR count). The monoisotopic (exact) mass is 235 g/mol. The Labute approximate surface area is 101 Å². The molecule has 4 heteroatoms. The molecule has 1 aliphatic rings. The van der Waals surface area contributed by atoms with Crippen LogP contribution in [-0.4, -0.2) is 31.8 Å². The first-order chi connectivity index (χ1) is 8.06. The lowest BCUT2D eigenvalue weighted by atomic mass is 10.0. The number of hydrogen-bond donors (Lipinski definition) is 0. The lowest BCUT2D eigenvalue weighted by Gasteiger charge is -2.38. The number of carbonyl (C=O) groups excluding carboxylic acids is 1. The number of fused-ring (bicyclic) bond motifs is 1. The second-order valence-electron chi connectivity index (χ2n) is 4.53. The van der Waals surface area contributed by atoms with Gasteiger partial charge in [0.1, 0.15) is 5.75 Å². The van der Waals surface area contributed by atoms with Crippen LogP contribution in [0.5, 0.6) is 5.75 Å². The molecule has 0 saturated carbocycles. The van der Waals surface area contributed by atoms with Crippen LogP contribution in [-0.2, 0) is 9.53 Å². The maximum atomic E-state index is 12.3. The van der Waals surface area contributed by atoms with E-state index in [-0.39, 0.29) is 5.91 Å². The zero-order chi connectivity index (χ0) is 12.5. The maximum Gasteiger partial charge on any atom is 0.270 e. The molecule has 1 aromatic rings. The zero-order valence-corrected chi connectivity index (χ0v) is 10.4. The van der Waals surface area contributed by atoms with E-state index in [4.69, 9.17) is 9.47 Å². The number of ether oxygens (including phenoxy) is 2. The van der Waals surface area contributed by atoms with Crippen LogP contribution in [0.4, 0.5) is 5.69 Å². The Bertz CT molecular complexity index is 428. The number of hydrogen-bond acceptors (Lipinski definition) is 3. The Morgan fingerprint density at radius 2 is 2.06 bits per heavy atom. The van der Waals surface area contributed by atoms with Crippen LogP contribution in [0.25, 0.3) is 0 Å². The largest absolute Gasteiger partial charge is 0.476 e. The molecule has 0 N–H and O–H groups in total. The van der Waals surface area contributed by atoms with Crippen molar-refractivity contribution in [3.63, 3.8) is 0 Å². The number of rotatable bonds is 3. The molecule has 1 aliphatic heterocycles. The predicted molar refractivity (Wildman–Crippen MR) is 65.4 cm³/mol. The summed E-state index contributed by atoms with van der Waals surface area (Å²) in [6.07, 6.45) is 0. The SMILES string of the molecule is COCCN1C(=O)C(C)(C)Oc2ccccc21. The standard InChI is InChI=1S/C13H17NO3/c1-13(2)12(15)14(8-9-16-3)10-6-4-5-7-11(10)17-13/h4-7H,8-9H2,1-3H3. The highest BCUT2D eigenvalue weighted by atomic mass is 16.5. The van der Waals surface area contributed by atoms with Crippen molar-refractivity contribution in [1.29, 1.82) is 0 Å². The smallest absolute Gasteiger partial charge is 0.270 e. The Morgan fingerprint density at radius 1 is 1.35 bits per heavy atom. The van der Waals surface area contributed by atoms with Crippen LogP contribution in [0.2, 0.25) is 0 Å². The number of nitrogens with zero attached hydrogens (tertiary/aromatic N) is 1. The van der Waals surface area contributed by atoms with Crippen molar-refractivity contribution in [2.24, 2.45) is 0 Å². The third-order valence-corrected chi connectivity index (χ3v) is 2.80. The molecule has 1 heterocycles. The molecule has 0 fully saturated rings. The van der Waals surface area contributed by atoms with Gasteiger partial charge in [0.15, 0.2) is 5.60 Å². The Hall–Kier alpha value is -1.55. The van der Waals surface area contributed by atoms with Crippen molar-refractivity contribution in [3.05, 3.63) is 24.3 Å². The van der Waals surface area contributed by atoms with Crippen LogP contribution >= 0.6 is 0 Å². The van der Waals surface area contributed by atoms with Gasteiger partial charge in [-0.15, -0.1) is 0 Å². The molecular weight excluding hydrogens is 218 g/mol. The fourth-order valence-electron chi connectivity index (χ4n) is 1.92. The summed E-state index contributed by atoms with van der Waals surface area (Å²) in [5, 5.41) is 0. The number of amides is 1. The predicted octanol–water partition coefficient (Wildman–Crippen LogP) is 1.84. The van der Waals surface area contributed by atoms with Gasteiger partial charge >= 0.3 is 0 Å². The van der Waals surface area contributed by atoms with E-state index in [0.717, 1.165) is 11.4 Å². The van der Waals surface area contributed by atoms with Crippen LogP contribution in [0.1, 0.15) is 13.8 Å². The Balaban J connectivity index is 2.38. The summed E-state index contributed by atoms with van der Waals surface area (Å²) in [6, 6.07) is 7.56. The van der Waals surface area contributed by atoms with Crippen LogP contribution in [0.3, 0.4) is 0 Å². The fraction of sp³-hybridized carbons (Fsp3) is 0.462. The van der Waals surface area contributed by atoms with Crippen molar-refractivity contribution >= 4 is 11.6 Å². The molecule has 0 saturated heterocycles. The van der Waals surface area contributed by atoms with Gasteiger partial charge in [0.2, 0.25) is 0 Å². The van der Waals surface area contributed by atoms with Gasteiger partial charge in [-0.05, 0) is 26.0 Å². The first-order valence-electron chi connectivity index (χ1n) is 5.65. The molecule has 0 radical (unpaired) electrons. The van der Waals surface area contributed by atoms with Crippen LogP contribution in [0, 0.1) is 0 Å². The molecule has 0 unspecified atom stereocenters. The van der Waals surface area contributed by atoms with Gasteiger partial charge in [0, 0.05) is 13.7 Å². The molecule has 0 spiro atoms.